The highest BCUT2D eigenvalue weighted by Gasteiger charge is 2.16. The molecule has 0 amide bonds. The summed E-state index contributed by atoms with van der Waals surface area (Å²) in [5.41, 5.74) is 10.5. The molecule has 0 saturated heterocycles. The van der Waals surface area contributed by atoms with E-state index in [2.05, 4.69) is 29.1 Å². The zero-order valence-electron chi connectivity index (χ0n) is 12.8. The van der Waals surface area contributed by atoms with E-state index < -0.39 is 0 Å². The second-order valence-electron chi connectivity index (χ2n) is 5.40. The predicted molar refractivity (Wildman–Crippen MR) is 83.1 cm³/mol. The minimum Gasteiger partial charge on any atom is -0.328 e. The van der Waals surface area contributed by atoms with Crippen LogP contribution < -0.4 is 5.73 Å². The summed E-state index contributed by atoms with van der Waals surface area (Å²) in [4.78, 5) is 4.59. The average molecular weight is 290 g/mol. The van der Waals surface area contributed by atoms with E-state index in [9.17, 15) is 0 Å². The maximum Gasteiger partial charge on any atom is 0.103 e. The van der Waals surface area contributed by atoms with Gasteiger partial charge in [-0.3, -0.25) is 4.68 Å². The number of pyridine rings is 1. The van der Waals surface area contributed by atoms with Crippen molar-refractivity contribution in [3.8, 4) is 0 Å². The highest BCUT2D eigenvalue weighted by Crippen LogP contribution is 2.31. The molecule has 2 aromatic heterocycles. The first kappa shape index (κ1) is 15.1. The van der Waals surface area contributed by atoms with E-state index in [1.54, 1.807) is 11.8 Å². The molecule has 1 unspecified atom stereocenters. The largest absolute Gasteiger partial charge is 0.328 e. The molecule has 0 bridgehead atoms. The first-order valence-corrected chi connectivity index (χ1v) is 7.59. The van der Waals surface area contributed by atoms with Crippen molar-refractivity contribution in [1.82, 2.24) is 14.8 Å². The van der Waals surface area contributed by atoms with Gasteiger partial charge in [-0.05, 0) is 51.8 Å². The summed E-state index contributed by atoms with van der Waals surface area (Å²) in [6.07, 6.45) is 0.840. The molecule has 0 aliphatic heterocycles. The lowest BCUT2D eigenvalue weighted by Crippen LogP contribution is -2.18. The van der Waals surface area contributed by atoms with E-state index in [-0.39, 0.29) is 6.04 Å². The molecule has 0 fully saturated rings. The molecule has 2 N–H and O–H groups in total. The topological polar surface area (TPSA) is 56.7 Å². The second-order valence-corrected chi connectivity index (χ2v) is 6.41. The predicted octanol–water partition coefficient (Wildman–Crippen LogP) is 2.78. The van der Waals surface area contributed by atoms with Crippen molar-refractivity contribution in [2.45, 2.75) is 50.2 Å². The molecular weight excluding hydrogens is 268 g/mol. The third kappa shape index (κ3) is 3.41. The van der Waals surface area contributed by atoms with Gasteiger partial charge in [-0.15, -0.1) is 0 Å². The molecule has 0 spiro atoms. The van der Waals surface area contributed by atoms with Crippen molar-refractivity contribution in [2.75, 3.05) is 0 Å². The number of nitrogens with two attached hydrogens (primary N) is 1. The number of aryl methyl sites for hydroxylation is 4. The van der Waals surface area contributed by atoms with Crippen molar-refractivity contribution in [3.05, 3.63) is 34.6 Å². The van der Waals surface area contributed by atoms with E-state index in [1.807, 2.05) is 32.5 Å². The van der Waals surface area contributed by atoms with Gasteiger partial charge in [0, 0.05) is 24.3 Å². The van der Waals surface area contributed by atoms with Crippen molar-refractivity contribution in [2.24, 2.45) is 12.8 Å². The molecule has 0 radical (unpaired) electrons. The van der Waals surface area contributed by atoms with Gasteiger partial charge in [0.2, 0.25) is 0 Å². The van der Waals surface area contributed by atoms with Crippen molar-refractivity contribution in [3.63, 3.8) is 0 Å². The summed E-state index contributed by atoms with van der Waals surface area (Å²) in [5, 5.41) is 6.66. The lowest BCUT2D eigenvalue weighted by Gasteiger charge is -2.09. The van der Waals surface area contributed by atoms with Gasteiger partial charge in [0.15, 0.2) is 0 Å². The maximum absolute atomic E-state index is 5.95. The minimum absolute atomic E-state index is 0.129. The van der Waals surface area contributed by atoms with Crippen LogP contribution in [0, 0.1) is 20.8 Å². The van der Waals surface area contributed by atoms with Crippen molar-refractivity contribution >= 4 is 11.8 Å². The van der Waals surface area contributed by atoms with Crippen LogP contribution in [-0.4, -0.2) is 20.8 Å². The van der Waals surface area contributed by atoms with Crippen LogP contribution in [0.4, 0.5) is 0 Å². The van der Waals surface area contributed by atoms with Gasteiger partial charge >= 0.3 is 0 Å². The quantitative estimate of drug-likeness (QED) is 0.940. The molecule has 20 heavy (non-hydrogen) atoms. The zero-order valence-corrected chi connectivity index (χ0v) is 13.6. The van der Waals surface area contributed by atoms with Gasteiger partial charge in [0.1, 0.15) is 10.1 Å². The van der Waals surface area contributed by atoms with Crippen molar-refractivity contribution < 1.29 is 0 Å². The summed E-state index contributed by atoms with van der Waals surface area (Å²) >= 11 is 1.67. The number of aromatic nitrogens is 3. The number of hydrogen-bond acceptors (Lipinski definition) is 4. The van der Waals surface area contributed by atoms with Crippen LogP contribution in [0.25, 0.3) is 0 Å². The maximum atomic E-state index is 5.95. The van der Waals surface area contributed by atoms with E-state index >= 15 is 0 Å². The molecule has 4 nitrogen and oxygen atoms in total. The third-order valence-electron chi connectivity index (χ3n) is 3.09. The Morgan fingerprint density at radius 3 is 2.60 bits per heavy atom. The summed E-state index contributed by atoms with van der Waals surface area (Å²) in [6, 6.07) is 4.32. The Kier molecular flexibility index (Phi) is 4.50. The molecule has 0 saturated carbocycles. The molecule has 2 heterocycles. The van der Waals surface area contributed by atoms with Gasteiger partial charge in [0.25, 0.3) is 0 Å². The Hall–Kier alpha value is -1.33. The Morgan fingerprint density at radius 1 is 1.30 bits per heavy atom. The normalized spacial score (nSPS) is 12.7. The van der Waals surface area contributed by atoms with Crippen LogP contribution in [0.5, 0.6) is 0 Å². The molecule has 0 aliphatic carbocycles. The van der Waals surface area contributed by atoms with E-state index in [0.717, 1.165) is 27.9 Å². The molecule has 108 valence electrons. The molecule has 2 rings (SSSR count). The summed E-state index contributed by atoms with van der Waals surface area (Å²) in [6.45, 7) is 8.18. The summed E-state index contributed by atoms with van der Waals surface area (Å²) < 4.78 is 1.93. The fourth-order valence-corrected chi connectivity index (χ4v) is 3.48. The van der Waals surface area contributed by atoms with Crippen LogP contribution in [-0.2, 0) is 13.5 Å². The Labute approximate surface area is 124 Å². The minimum atomic E-state index is 0.129. The summed E-state index contributed by atoms with van der Waals surface area (Å²) in [5.74, 6) is 0. The molecule has 0 aromatic carbocycles. The van der Waals surface area contributed by atoms with Crippen LogP contribution in [0.3, 0.4) is 0 Å². The van der Waals surface area contributed by atoms with Gasteiger partial charge in [-0.2, -0.15) is 5.10 Å². The highest BCUT2D eigenvalue weighted by molar-refractivity contribution is 7.99. The van der Waals surface area contributed by atoms with E-state index in [4.69, 9.17) is 5.73 Å². The fourth-order valence-electron chi connectivity index (χ4n) is 2.32. The molecule has 5 heteroatoms. The third-order valence-corrected chi connectivity index (χ3v) is 4.21. The van der Waals surface area contributed by atoms with Gasteiger partial charge in [-0.1, -0.05) is 11.8 Å². The van der Waals surface area contributed by atoms with Gasteiger partial charge in [0.05, 0.1) is 5.69 Å². The molecule has 0 aliphatic rings. The SMILES string of the molecule is Cc1cc(C)nc(Sc2c(CC(C)N)c(C)nn2C)c1. The van der Waals surface area contributed by atoms with Crippen LogP contribution in [0.1, 0.15) is 29.4 Å². The lowest BCUT2D eigenvalue weighted by atomic mass is 10.1. The highest BCUT2D eigenvalue weighted by atomic mass is 32.2. The van der Waals surface area contributed by atoms with E-state index in [0.29, 0.717) is 0 Å². The summed E-state index contributed by atoms with van der Waals surface area (Å²) in [7, 11) is 1.97. The molecule has 1 atom stereocenters. The van der Waals surface area contributed by atoms with Crippen LogP contribution >= 0.6 is 11.8 Å². The Bertz CT molecular complexity index is 596. The first-order chi connectivity index (χ1) is 9.36. The fraction of sp³-hybridized carbons (Fsp3) is 0.467. The number of hydrogen-bond donors (Lipinski definition) is 1. The monoisotopic (exact) mass is 290 g/mol. The molecule has 2 aromatic rings. The first-order valence-electron chi connectivity index (χ1n) is 6.78. The molecular formula is C15H22N4S. The zero-order chi connectivity index (χ0) is 14.9. The van der Waals surface area contributed by atoms with Gasteiger partial charge < -0.3 is 5.73 Å². The van der Waals surface area contributed by atoms with Crippen LogP contribution in [0.2, 0.25) is 0 Å². The standard InChI is InChI=1S/C15H22N4S/c1-9-6-11(3)17-14(7-9)20-15-13(8-10(2)16)12(4)18-19(15)5/h6-7,10H,8,16H2,1-5H3. The second kappa shape index (κ2) is 5.97. The van der Waals surface area contributed by atoms with Gasteiger partial charge in [-0.25, -0.2) is 4.98 Å². The average Bonchev–Trinajstić information content (AvgIpc) is 2.54. The lowest BCUT2D eigenvalue weighted by molar-refractivity contribution is 0.677. The smallest absolute Gasteiger partial charge is 0.103 e. The van der Waals surface area contributed by atoms with Crippen molar-refractivity contribution in [1.29, 1.82) is 0 Å². The number of nitrogens with zero attached hydrogens (tertiary/aromatic N) is 3. The van der Waals surface area contributed by atoms with Crippen LogP contribution in [0.15, 0.2) is 22.2 Å². The van der Waals surface area contributed by atoms with E-state index in [1.165, 1.54) is 11.1 Å². The number of rotatable bonds is 4. The Morgan fingerprint density at radius 2 is 2.00 bits per heavy atom. The Balaban J connectivity index is 2.37.